The number of nitrogens with zero attached hydrogens (tertiary/aromatic N) is 1. The van der Waals surface area contributed by atoms with Gasteiger partial charge in [-0.1, -0.05) is 78.9 Å². The van der Waals surface area contributed by atoms with Crippen LogP contribution >= 0.6 is 11.8 Å². The lowest BCUT2D eigenvalue weighted by Crippen LogP contribution is -2.42. The molecule has 0 fully saturated rings. The van der Waals surface area contributed by atoms with Crippen molar-refractivity contribution in [3.63, 3.8) is 0 Å². The molecule has 160 valence electrons. The van der Waals surface area contributed by atoms with E-state index in [2.05, 4.69) is 34.6 Å². The lowest BCUT2D eigenvalue weighted by atomic mass is 10.1. The lowest BCUT2D eigenvalue weighted by molar-refractivity contribution is -0.138. The van der Waals surface area contributed by atoms with Crippen LogP contribution in [0.15, 0.2) is 91.0 Å². The second-order valence-electron chi connectivity index (χ2n) is 7.34. The number of pyridine rings is 1. The zero-order chi connectivity index (χ0) is 22.3. The summed E-state index contributed by atoms with van der Waals surface area (Å²) in [5, 5.41) is 14.5. The number of benzene rings is 3. The number of aromatic nitrogens is 1. The second-order valence-corrected chi connectivity index (χ2v) is 8.37. The number of rotatable bonds is 8. The van der Waals surface area contributed by atoms with Crippen molar-refractivity contribution < 1.29 is 14.7 Å². The highest BCUT2D eigenvalue weighted by Gasteiger charge is 2.21. The second kappa shape index (κ2) is 10.1. The molecule has 4 aromatic rings. The number of carbonyl (C=O) groups excluding carboxylic acids is 1. The van der Waals surface area contributed by atoms with Crippen molar-refractivity contribution in [3.8, 4) is 11.3 Å². The van der Waals surface area contributed by atoms with Gasteiger partial charge in [0.1, 0.15) is 11.7 Å². The molecule has 0 radical (unpaired) electrons. The fraction of sp³-hybridized carbons (Fsp3) is 0.115. The Balaban J connectivity index is 1.38. The number of nitrogens with one attached hydrogen (secondary N) is 1. The van der Waals surface area contributed by atoms with E-state index in [9.17, 15) is 14.7 Å². The third kappa shape index (κ3) is 5.34. The first-order valence-electron chi connectivity index (χ1n) is 10.2. The minimum Gasteiger partial charge on any atom is -0.480 e. The quantitative estimate of drug-likeness (QED) is 0.401. The average molecular weight is 443 g/mol. The van der Waals surface area contributed by atoms with Gasteiger partial charge in [-0.05, 0) is 28.5 Å². The maximum Gasteiger partial charge on any atom is 0.327 e. The summed E-state index contributed by atoms with van der Waals surface area (Å²) in [7, 11) is 0. The molecule has 2 N–H and O–H groups in total. The van der Waals surface area contributed by atoms with Crippen molar-refractivity contribution in [1.82, 2.24) is 10.3 Å². The molecule has 4 rings (SSSR count). The largest absolute Gasteiger partial charge is 0.480 e. The first-order chi connectivity index (χ1) is 15.6. The summed E-state index contributed by atoms with van der Waals surface area (Å²) in [6.07, 6.45) is 0. The number of fused-ring (bicyclic) bond motifs is 1. The van der Waals surface area contributed by atoms with E-state index >= 15 is 0 Å². The standard InChI is InChI=1S/C26H22N2O3S/c29-25(23-12-6-11-22(27-23)20-8-2-1-3-9-20)28-24(26(30)31)17-32-16-18-13-14-19-7-4-5-10-21(19)15-18/h1-15,24H,16-17H2,(H,28,29)(H,30,31)/t24-/m0/s1. The van der Waals surface area contributed by atoms with E-state index in [4.69, 9.17) is 0 Å². The zero-order valence-electron chi connectivity index (χ0n) is 17.3. The van der Waals surface area contributed by atoms with Crippen molar-refractivity contribution in [2.45, 2.75) is 11.8 Å². The summed E-state index contributed by atoms with van der Waals surface area (Å²) in [6.45, 7) is 0. The Labute approximate surface area is 190 Å². The van der Waals surface area contributed by atoms with E-state index in [-0.39, 0.29) is 11.4 Å². The van der Waals surface area contributed by atoms with E-state index < -0.39 is 17.9 Å². The van der Waals surface area contributed by atoms with Gasteiger partial charge < -0.3 is 10.4 Å². The number of carboxylic acids is 1. The first kappa shape index (κ1) is 21.6. The molecule has 32 heavy (non-hydrogen) atoms. The molecule has 0 saturated heterocycles. The van der Waals surface area contributed by atoms with Gasteiger partial charge in [0.2, 0.25) is 0 Å². The van der Waals surface area contributed by atoms with Gasteiger partial charge in [0.15, 0.2) is 0 Å². The average Bonchev–Trinajstić information content (AvgIpc) is 2.83. The van der Waals surface area contributed by atoms with Crippen LogP contribution in [0.3, 0.4) is 0 Å². The molecule has 1 aromatic heterocycles. The Bertz CT molecular complexity index is 1240. The van der Waals surface area contributed by atoms with Crippen LogP contribution in [0.4, 0.5) is 0 Å². The highest BCUT2D eigenvalue weighted by Crippen LogP contribution is 2.20. The molecule has 6 heteroatoms. The SMILES string of the molecule is O=C(N[C@@H](CSCc1ccc2ccccc2c1)C(=O)O)c1cccc(-c2ccccc2)n1. The monoisotopic (exact) mass is 442 g/mol. The van der Waals surface area contributed by atoms with E-state index in [0.717, 1.165) is 16.5 Å². The van der Waals surface area contributed by atoms with Crippen LogP contribution in [0.2, 0.25) is 0 Å². The van der Waals surface area contributed by atoms with Crippen LogP contribution in [-0.4, -0.2) is 33.8 Å². The van der Waals surface area contributed by atoms with Crippen molar-refractivity contribution in [1.29, 1.82) is 0 Å². The van der Waals surface area contributed by atoms with Gasteiger partial charge in [-0.15, -0.1) is 0 Å². The third-order valence-corrected chi connectivity index (χ3v) is 6.13. The Morgan fingerprint density at radius 3 is 2.41 bits per heavy atom. The molecule has 0 aliphatic heterocycles. The van der Waals surface area contributed by atoms with Crippen LogP contribution in [0.25, 0.3) is 22.0 Å². The molecule has 1 heterocycles. The summed E-state index contributed by atoms with van der Waals surface area (Å²) in [6, 6.07) is 28.0. The van der Waals surface area contributed by atoms with Gasteiger partial charge in [-0.3, -0.25) is 4.79 Å². The fourth-order valence-electron chi connectivity index (χ4n) is 3.36. The minimum absolute atomic E-state index is 0.192. The van der Waals surface area contributed by atoms with Crippen molar-refractivity contribution in [2.24, 2.45) is 0 Å². The van der Waals surface area contributed by atoms with Crippen LogP contribution < -0.4 is 5.32 Å². The molecular formula is C26H22N2O3S. The fourth-order valence-corrected chi connectivity index (χ4v) is 4.36. The molecule has 5 nitrogen and oxygen atoms in total. The first-order valence-corrected chi connectivity index (χ1v) is 11.4. The molecule has 1 amide bonds. The Morgan fingerprint density at radius 1 is 0.875 bits per heavy atom. The van der Waals surface area contributed by atoms with E-state index in [1.165, 1.54) is 17.1 Å². The number of thioether (sulfide) groups is 1. The van der Waals surface area contributed by atoms with Gasteiger partial charge in [-0.2, -0.15) is 11.8 Å². The van der Waals surface area contributed by atoms with Crippen LogP contribution in [0, 0.1) is 0 Å². The van der Waals surface area contributed by atoms with E-state index in [0.29, 0.717) is 11.4 Å². The Morgan fingerprint density at radius 2 is 1.62 bits per heavy atom. The van der Waals surface area contributed by atoms with E-state index in [1.54, 1.807) is 12.1 Å². The number of hydrogen-bond donors (Lipinski definition) is 2. The minimum atomic E-state index is -1.07. The van der Waals surface area contributed by atoms with Crippen LogP contribution in [0.5, 0.6) is 0 Å². The predicted molar refractivity (Wildman–Crippen MR) is 129 cm³/mol. The molecule has 0 bridgehead atoms. The van der Waals surface area contributed by atoms with Gasteiger partial charge >= 0.3 is 5.97 Å². The number of carbonyl (C=O) groups is 2. The summed E-state index contributed by atoms with van der Waals surface area (Å²) < 4.78 is 0. The third-order valence-electron chi connectivity index (χ3n) is 5.02. The number of aliphatic carboxylic acids is 1. The van der Waals surface area contributed by atoms with Crippen LogP contribution in [0.1, 0.15) is 16.1 Å². The lowest BCUT2D eigenvalue weighted by Gasteiger charge is -2.14. The van der Waals surface area contributed by atoms with Gasteiger partial charge in [-0.25, -0.2) is 9.78 Å². The van der Waals surface area contributed by atoms with Gasteiger partial charge in [0, 0.05) is 17.1 Å². The van der Waals surface area contributed by atoms with Crippen molar-refractivity contribution in [2.75, 3.05) is 5.75 Å². The summed E-state index contributed by atoms with van der Waals surface area (Å²) in [5.41, 5.74) is 2.86. The number of amides is 1. The molecule has 0 saturated carbocycles. The molecule has 1 atom stereocenters. The van der Waals surface area contributed by atoms with Crippen LogP contribution in [-0.2, 0) is 10.5 Å². The van der Waals surface area contributed by atoms with Crippen molar-refractivity contribution >= 4 is 34.4 Å². The zero-order valence-corrected chi connectivity index (χ0v) is 18.1. The topological polar surface area (TPSA) is 79.3 Å². The summed E-state index contributed by atoms with van der Waals surface area (Å²) >= 11 is 1.47. The summed E-state index contributed by atoms with van der Waals surface area (Å²) in [4.78, 5) is 28.8. The van der Waals surface area contributed by atoms with Gasteiger partial charge in [0.25, 0.3) is 5.91 Å². The predicted octanol–water partition coefficient (Wildman–Crippen LogP) is 5.02. The summed E-state index contributed by atoms with van der Waals surface area (Å²) in [5.74, 6) is -0.650. The normalized spacial score (nSPS) is 11.8. The number of hydrogen-bond acceptors (Lipinski definition) is 4. The smallest absolute Gasteiger partial charge is 0.327 e. The molecular weight excluding hydrogens is 420 g/mol. The molecule has 3 aromatic carbocycles. The van der Waals surface area contributed by atoms with Gasteiger partial charge in [0.05, 0.1) is 5.69 Å². The Kier molecular flexibility index (Phi) is 6.82. The highest BCUT2D eigenvalue weighted by molar-refractivity contribution is 7.98. The molecule has 0 unspecified atom stereocenters. The maximum absolute atomic E-state index is 12.7. The highest BCUT2D eigenvalue weighted by atomic mass is 32.2. The van der Waals surface area contributed by atoms with E-state index in [1.807, 2.05) is 54.6 Å². The maximum atomic E-state index is 12.7. The molecule has 0 aliphatic carbocycles. The van der Waals surface area contributed by atoms with Crippen molar-refractivity contribution in [3.05, 3.63) is 102 Å². The Hall–Kier alpha value is -3.64. The number of carboxylic acid groups (broad SMARTS) is 1. The molecule has 0 aliphatic rings. The molecule has 0 spiro atoms.